The molecule has 1 aromatic heterocycles. The Morgan fingerprint density at radius 1 is 1.53 bits per heavy atom. The molecule has 0 aromatic carbocycles. The predicted octanol–water partition coefficient (Wildman–Crippen LogP) is 1.17. The van der Waals surface area contributed by atoms with Gasteiger partial charge >= 0.3 is 0 Å². The van der Waals surface area contributed by atoms with Gasteiger partial charge in [-0.3, -0.25) is 4.90 Å². The first-order chi connectivity index (χ1) is 9.19. The fraction of sp³-hybridized carbons (Fsp3) is 0.846. The number of aryl methyl sites for hydroxylation is 1. The summed E-state index contributed by atoms with van der Waals surface area (Å²) in [5.41, 5.74) is 0. The second kappa shape index (κ2) is 6.98. The minimum Gasteiger partial charge on any atom is -0.393 e. The fourth-order valence-electron chi connectivity index (χ4n) is 2.21. The Labute approximate surface area is 113 Å². The first-order valence-electron chi connectivity index (χ1n) is 7.03. The van der Waals surface area contributed by atoms with Crippen LogP contribution in [0.5, 0.6) is 0 Å². The number of morpholine rings is 1. The number of aliphatic hydroxyl groups excluding tert-OH is 1. The van der Waals surface area contributed by atoms with E-state index in [0.717, 1.165) is 26.1 Å². The smallest absolute Gasteiger partial charge is 0.226 e. The summed E-state index contributed by atoms with van der Waals surface area (Å²) in [6.45, 7) is 7.51. The summed E-state index contributed by atoms with van der Waals surface area (Å²) in [4.78, 5) is 6.72. The number of aromatic nitrogens is 2. The SMILES string of the molecule is CCCN1CCOC(c2noc(CCC(C)O)n2)C1. The fourth-order valence-corrected chi connectivity index (χ4v) is 2.21. The van der Waals surface area contributed by atoms with Crippen molar-refractivity contribution in [3.05, 3.63) is 11.7 Å². The zero-order valence-corrected chi connectivity index (χ0v) is 11.7. The number of hydrogen-bond acceptors (Lipinski definition) is 6. The van der Waals surface area contributed by atoms with Crippen LogP contribution in [0, 0.1) is 0 Å². The van der Waals surface area contributed by atoms with Crippen molar-refractivity contribution in [3.8, 4) is 0 Å². The molecular formula is C13H23N3O3. The van der Waals surface area contributed by atoms with E-state index in [1.54, 1.807) is 6.92 Å². The lowest BCUT2D eigenvalue weighted by atomic mass is 10.2. The molecule has 1 N–H and O–H groups in total. The van der Waals surface area contributed by atoms with Gasteiger partial charge in [0.05, 0.1) is 12.7 Å². The molecule has 108 valence electrons. The Morgan fingerprint density at radius 2 is 2.37 bits per heavy atom. The molecule has 2 rings (SSSR count). The van der Waals surface area contributed by atoms with E-state index in [0.29, 0.717) is 31.2 Å². The lowest BCUT2D eigenvalue weighted by molar-refractivity contribution is -0.0350. The molecule has 1 aromatic rings. The molecule has 6 heteroatoms. The molecule has 1 aliphatic heterocycles. The van der Waals surface area contributed by atoms with Crippen LogP contribution >= 0.6 is 0 Å². The zero-order chi connectivity index (χ0) is 13.7. The summed E-state index contributed by atoms with van der Waals surface area (Å²) in [6, 6.07) is 0. The van der Waals surface area contributed by atoms with Crippen molar-refractivity contribution in [3.63, 3.8) is 0 Å². The van der Waals surface area contributed by atoms with Crippen LogP contribution in [-0.2, 0) is 11.2 Å². The van der Waals surface area contributed by atoms with Crippen LogP contribution < -0.4 is 0 Å². The van der Waals surface area contributed by atoms with Crippen LogP contribution in [0.1, 0.15) is 44.5 Å². The molecule has 1 saturated heterocycles. The summed E-state index contributed by atoms with van der Waals surface area (Å²) in [5.74, 6) is 1.20. The van der Waals surface area contributed by atoms with E-state index in [4.69, 9.17) is 9.26 Å². The molecule has 0 spiro atoms. The third-order valence-corrected chi connectivity index (χ3v) is 3.24. The van der Waals surface area contributed by atoms with E-state index >= 15 is 0 Å². The highest BCUT2D eigenvalue weighted by atomic mass is 16.5. The molecular weight excluding hydrogens is 246 g/mol. The average molecular weight is 269 g/mol. The molecule has 1 aliphatic rings. The quantitative estimate of drug-likeness (QED) is 0.835. The predicted molar refractivity (Wildman–Crippen MR) is 69.7 cm³/mol. The van der Waals surface area contributed by atoms with Crippen LogP contribution in [0.15, 0.2) is 4.52 Å². The van der Waals surface area contributed by atoms with Gasteiger partial charge in [0, 0.05) is 19.5 Å². The Kier molecular flexibility index (Phi) is 5.30. The normalized spacial score (nSPS) is 22.6. The van der Waals surface area contributed by atoms with E-state index in [1.807, 2.05) is 0 Å². The Morgan fingerprint density at radius 3 is 3.11 bits per heavy atom. The third-order valence-electron chi connectivity index (χ3n) is 3.24. The highest BCUT2D eigenvalue weighted by Crippen LogP contribution is 2.20. The molecule has 0 aliphatic carbocycles. The molecule has 1 fully saturated rings. The minimum atomic E-state index is -0.346. The second-order valence-electron chi connectivity index (χ2n) is 5.09. The highest BCUT2D eigenvalue weighted by molar-refractivity contribution is 4.94. The van der Waals surface area contributed by atoms with Gasteiger partial charge in [0.1, 0.15) is 6.10 Å². The lowest BCUT2D eigenvalue weighted by Crippen LogP contribution is -2.39. The van der Waals surface area contributed by atoms with Crippen molar-refractivity contribution in [1.29, 1.82) is 0 Å². The topological polar surface area (TPSA) is 71.6 Å². The summed E-state index contributed by atoms with van der Waals surface area (Å²) in [5, 5.41) is 13.2. The Bertz CT molecular complexity index is 379. The molecule has 19 heavy (non-hydrogen) atoms. The monoisotopic (exact) mass is 269 g/mol. The van der Waals surface area contributed by atoms with E-state index in [9.17, 15) is 5.11 Å². The first-order valence-corrected chi connectivity index (χ1v) is 7.03. The summed E-state index contributed by atoms with van der Waals surface area (Å²) in [7, 11) is 0. The van der Waals surface area contributed by atoms with Gasteiger partial charge in [-0.15, -0.1) is 0 Å². The molecule has 2 atom stereocenters. The van der Waals surface area contributed by atoms with Gasteiger partial charge in [0.2, 0.25) is 11.7 Å². The maximum Gasteiger partial charge on any atom is 0.226 e. The number of ether oxygens (including phenoxy) is 1. The molecule has 0 saturated carbocycles. The van der Waals surface area contributed by atoms with E-state index in [2.05, 4.69) is 22.0 Å². The van der Waals surface area contributed by atoms with E-state index in [-0.39, 0.29) is 12.2 Å². The minimum absolute atomic E-state index is 0.0932. The third kappa shape index (κ3) is 4.26. The Balaban J connectivity index is 1.90. The van der Waals surface area contributed by atoms with Gasteiger partial charge in [-0.1, -0.05) is 12.1 Å². The summed E-state index contributed by atoms with van der Waals surface area (Å²) >= 11 is 0. The van der Waals surface area contributed by atoms with Gasteiger partial charge < -0.3 is 14.4 Å². The number of nitrogens with zero attached hydrogens (tertiary/aromatic N) is 3. The number of rotatable bonds is 6. The van der Waals surface area contributed by atoms with E-state index < -0.39 is 0 Å². The van der Waals surface area contributed by atoms with Crippen molar-refractivity contribution in [2.75, 3.05) is 26.2 Å². The van der Waals surface area contributed by atoms with E-state index in [1.165, 1.54) is 0 Å². The van der Waals surface area contributed by atoms with Gasteiger partial charge in [0.25, 0.3) is 0 Å². The standard InChI is InChI=1S/C13H23N3O3/c1-3-6-16-7-8-18-11(9-16)13-14-12(19-15-13)5-4-10(2)17/h10-11,17H,3-9H2,1-2H3. The molecule has 0 amide bonds. The molecule has 0 bridgehead atoms. The lowest BCUT2D eigenvalue weighted by Gasteiger charge is -2.30. The average Bonchev–Trinajstić information content (AvgIpc) is 2.86. The van der Waals surface area contributed by atoms with Gasteiger partial charge in [-0.2, -0.15) is 4.98 Å². The first kappa shape index (κ1) is 14.4. The molecule has 2 heterocycles. The number of aliphatic hydroxyl groups is 1. The molecule has 2 unspecified atom stereocenters. The van der Waals surface area contributed by atoms with Crippen molar-refractivity contribution < 1.29 is 14.4 Å². The maximum atomic E-state index is 9.24. The van der Waals surface area contributed by atoms with Crippen molar-refractivity contribution in [1.82, 2.24) is 15.0 Å². The van der Waals surface area contributed by atoms with Crippen LogP contribution in [0.4, 0.5) is 0 Å². The van der Waals surface area contributed by atoms with Gasteiger partial charge in [-0.25, -0.2) is 0 Å². The van der Waals surface area contributed by atoms with Crippen LogP contribution in [0.3, 0.4) is 0 Å². The zero-order valence-electron chi connectivity index (χ0n) is 11.7. The largest absolute Gasteiger partial charge is 0.393 e. The summed E-state index contributed by atoms with van der Waals surface area (Å²) < 4.78 is 10.9. The van der Waals surface area contributed by atoms with Gasteiger partial charge in [-0.05, 0) is 26.3 Å². The number of hydrogen-bond donors (Lipinski definition) is 1. The van der Waals surface area contributed by atoms with Crippen LogP contribution in [0.2, 0.25) is 0 Å². The second-order valence-corrected chi connectivity index (χ2v) is 5.09. The molecule has 6 nitrogen and oxygen atoms in total. The van der Waals surface area contributed by atoms with Gasteiger partial charge in [0.15, 0.2) is 0 Å². The van der Waals surface area contributed by atoms with Crippen LogP contribution in [0.25, 0.3) is 0 Å². The van der Waals surface area contributed by atoms with Crippen molar-refractivity contribution in [2.24, 2.45) is 0 Å². The maximum absolute atomic E-state index is 9.24. The Hall–Kier alpha value is -0.980. The van der Waals surface area contributed by atoms with Crippen molar-refractivity contribution in [2.45, 2.75) is 45.3 Å². The highest BCUT2D eigenvalue weighted by Gasteiger charge is 2.25. The van der Waals surface area contributed by atoms with Crippen LogP contribution in [-0.4, -0.2) is 52.5 Å². The van der Waals surface area contributed by atoms with Crippen molar-refractivity contribution >= 4 is 0 Å². The molecule has 0 radical (unpaired) electrons. The summed E-state index contributed by atoms with van der Waals surface area (Å²) in [6.07, 6.45) is 1.94.